The van der Waals surface area contributed by atoms with Crippen molar-refractivity contribution in [1.29, 1.82) is 5.26 Å². The van der Waals surface area contributed by atoms with Crippen LogP contribution in [0.1, 0.15) is 33.0 Å². The highest BCUT2D eigenvalue weighted by atomic mass is 79.9. The molecule has 178 valence electrons. The number of anilines is 1. The van der Waals surface area contributed by atoms with Crippen molar-refractivity contribution in [1.82, 2.24) is 9.88 Å². The van der Waals surface area contributed by atoms with Gasteiger partial charge in [0.25, 0.3) is 5.91 Å². The third-order valence-corrected chi connectivity index (χ3v) is 8.43. The Morgan fingerprint density at radius 1 is 1.14 bits per heavy atom. The number of aromatic amines is 1. The zero-order valence-electron chi connectivity index (χ0n) is 19.8. The van der Waals surface area contributed by atoms with Crippen molar-refractivity contribution in [2.24, 2.45) is 5.41 Å². The predicted octanol–water partition coefficient (Wildman–Crippen LogP) is 5.51. The fraction of sp³-hybridized carbons (Fsp3) is 0.207. The molecule has 4 aromatic rings. The van der Waals surface area contributed by atoms with Gasteiger partial charge in [-0.1, -0.05) is 64.0 Å². The summed E-state index contributed by atoms with van der Waals surface area (Å²) in [5.41, 5.74) is 1.12. The molecule has 7 heteroatoms. The van der Waals surface area contributed by atoms with Gasteiger partial charge in [0.15, 0.2) is 16.7 Å². The lowest BCUT2D eigenvalue weighted by Crippen LogP contribution is -2.58. The summed E-state index contributed by atoms with van der Waals surface area (Å²) in [6.07, 6.45) is 1.67. The number of hydrogen-bond donors (Lipinski definition) is 2. The summed E-state index contributed by atoms with van der Waals surface area (Å²) in [6, 6.07) is 23.4. The van der Waals surface area contributed by atoms with Crippen LogP contribution >= 0.6 is 15.9 Å². The van der Waals surface area contributed by atoms with Crippen molar-refractivity contribution in [3.63, 3.8) is 0 Å². The van der Waals surface area contributed by atoms with Crippen molar-refractivity contribution >= 4 is 44.2 Å². The fourth-order valence-corrected chi connectivity index (χ4v) is 6.59. The molecule has 36 heavy (non-hydrogen) atoms. The van der Waals surface area contributed by atoms with Crippen LogP contribution in [0.25, 0.3) is 10.9 Å². The summed E-state index contributed by atoms with van der Waals surface area (Å²) < 4.78 is 0.900. The van der Waals surface area contributed by atoms with Gasteiger partial charge in [-0.3, -0.25) is 14.5 Å². The number of nitrogens with zero attached hydrogens (tertiary/aromatic N) is 2. The molecule has 1 fully saturated rings. The molecule has 3 heterocycles. The monoisotopic (exact) mass is 538 g/mol. The summed E-state index contributed by atoms with van der Waals surface area (Å²) in [4.78, 5) is 33.9. The molecule has 6 nitrogen and oxygen atoms in total. The van der Waals surface area contributed by atoms with E-state index in [1.165, 1.54) is 0 Å². The first-order valence-electron chi connectivity index (χ1n) is 11.8. The second-order valence-electron chi connectivity index (χ2n) is 9.70. The number of halogens is 1. The molecule has 1 amide bonds. The van der Waals surface area contributed by atoms with E-state index in [1.54, 1.807) is 6.20 Å². The minimum atomic E-state index is -1.72. The number of benzene rings is 3. The van der Waals surface area contributed by atoms with E-state index in [9.17, 15) is 14.9 Å². The van der Waals surface area contributed by atoms with Crippen LogP contribution in [-0.2, 0) is 10.3 Å². The van der Waals surface area contributed by atoms with Crippen LogP contribution in [0.5, 0.6) is 0 Å². The number of ketones is 1. The number of carbonyl (C=O) groups excluding carboxylic acids is 2. The van der Waals surface area contributed by atoms with Gasteiger partial charge in [-0.05, 0) is 43.8 Å². The summed E-state index contributed by atoms with van der Waals surface area (Å²) in [7, 11) is 1.84. The minimum absolute atomic E-state index is 0.347. The van der Waals surface area contributed by atoms with E-state index in [2.05, 4.69) is 32.3 Å². The summed E-state index contributed by atoms with van der Waals surface area (Å²) in [6.45, 7) is 2.32. The maximum atomic E-state index is 14.8. The molecule has 1 unspecified atom stereocenters. The summed E-state index contributed by atoms with van der Waals surface area (Å²) >= 11 is 3.49. The van der Waals surface area contributed by atoms with Gasteiger partial charge in [-0.2, -0.15) is 5.26 Å². The number of fused-ring (bicyclic) bond motifs is 3. The van der Waals surface area contributed by atoms with Crippen LogP contribution in [0.2, 0.25) is 0 Å². The lowest BCUT2D eigenvalue weighted by Gasteiger charge is -2.41. The molecule has 0 aliphatic carbocycles. The second kappa shape index (κ2) is 7.89. The Balaban J connectivity index is 1.69. The normalized spacial score (nSPS) is 25.2. The third kappa shape index (κ3) is 2.74. The number of aryl methyl sites for hydroxylation is 1. The SMILES string of the molecule is Cc1ccc2c(c1)C1(C(=O)N2)N(C)C[C@@H](c2ccc(Br)cc2)[C@]1(C#N)C(=O)c1c[nH]c2ccccc12. The van der Waals surface area contributed by atoms with Crippen molar-refractivity contribution in [2.45, 2.75) is 18.4 Å². The highest BCUT2D eigenvalue weighted by Crippen LogP contribution is 2.63. The van der Waals surface area contributed by atoms with Crippen molar-refractivity contribution in [2.75, 3.05) is 18.9 Å². The summed E-state index contributed by atoms with van der Waals surface area (Å²) in [5, 5.41) is 14.8. The first-order valence-corrected chi connectivity index (χ1v) is 12.6. The van der Waals surface area contributed by atoms with Crippen LogP contribution in [0, 0.1) is 23.7 Å². The number of H-pyrrole nitrogens is 1. The van der Waals surface area contributed by atoms with Gasteiger partial charge in [-0.25, -0.2) is 0 Å². The number of nitriles is 1. The molecule has 0 bridgehead atoms. The molecule has 3 aromatic carbocycles. The number of Topliss-reactive ketones (excluding diaryl/α,β-unsaturated/α-hetero) is 1. The molecule has 2 aliphatic heterocycles. The van der Waals surface area contributed by atoms with E-state index in [4.69, 9.17) is 0 Å². The fourth-order valence-electron chi connectivity index (χ4n) is 6.33. The molecule has 2 aliphatic rings. The van der Waals surface area contributed by atoms with E-state index in [0.29, 0.717) is 23.4 Å². The van der Waals surface area contributed by atoms with Gasteiger partial charge < -0.3 is 10.3 Å². The van der Waals surface area contributed by atoms with E-state index in [-0.39, 0.29) is 11.7 Å². The van der Waals surface area contributed by atoms with Crippen molar-refractivity contribution in [3.05, 3.63) is 99.7 Å². The topological polar surface area (TPSA) is 89.0 Å². The molecular weight excluding hydrogens is 516 g/mol. The van der Waals surface area contributed by atoms with Gasteiger partial charge in [-0.15, -0.1) is 0 Å². The minimum Gasteiger partial charge on any atom is -0.360 e. The highest BCUT2D eigenvalue weighted by Gasteiger charge is 2.74. The van der Waals surface area contributed by atoms with Gasteiger partial charge in [0, 0.05) is 50.8 Å². The Morgan fingerprint density at radius 3 is 2.64 bits per heavy atom. The zero-order valence-corrected chi connectivity index (χ0v) is 21.4. The molecule has 1 spiro atoms. The van der Waals surface area contributed by atoms with E-state index in [0.717, 1.165) is 26.5 Å². The molecule has 1 saturated heterocycles. The maximum Gasteiger partial charge on any atom is 0.251 e. The molecule has 0 saturated carbocycles. The van der Waals surface area contributed by atoms with Crippen molar-refractivity contribution < 1.29 is 9.59 Å². The average Bonchev–Trinajstić information content (AvgIpc) is 3.52. The Bertz CT molecular complexity index is 1600. The third-order valence-electron chi connectivity index (χ3n) is 7.90. The molecule has 6 rings (SSSR count). The predicted molar refractivity (Wildman–Crippen MR) is 142 cm³/mol. The number of rotatable bonds is 3. The Morgan fingerprint density at radius 2 is 1.89 bits per heavy atom. The second-order valence-corrected chi connectivity index (χ2v) is 10.6. The number of amides is 1. The molecule has 3 atom stereocenters. The number of nitrogens with one attached hydrogen (secondary N) is 2. The van der Waals surface area contributed by atoms with Crippen LogP contribution in [0.3, 0.4) is 0 Å². The smallest absolute Gasteiger partial charge is 0.251 e. The largest absolute Gasteiger partial charge is 0.360 e. The highest BCUT2D eigenvalue weighted by molar-refractivity contribution is 9.10. The molecule has 2 N–H and O–H groups in total. The molecule has 0 radical (unpaired) electrons. The number of likely N-dealkylation sites (N-methyl/N-ethyl adjacent to an activating group) is 1. The van der Waals surface area contributed by atoms with Gasteiger partial charge in [0.1, 0.15) is 0 Å². The number of likely N-dealkylation sites (tertiary alicyclic amines) is 1. The maximum absolute atomic E-state index is 14.8. The van der Waals surface area contributed by atoms with Gasteiger partial charge in [0.05, 0.1) is 6.07 Å². The zero-order chi connectivity index (χ0) is 25.2. The van der Waals surface area contributed by atoms with E-state index < -0.39 is 16.9 Å². The van der Waals surface area contributed by atoms with Gasteiger partial charge in [0.2, 0.25) is 0 Å². The average molecular weight is 539 g/mol. The Kier molecular flexibility index (Phi) is 4.98. The number of hydrogen-bond acceptors (Lipinski definition) is 4. The molecular formula is C29H23BrN4O2. The van der Waals surface area contributed by atoms with E-state index in [1.807, 2.05) is 85.6 Å². The quantitative estimate of drug-likeness (QED) is 0.336. The van der Waals surface area contributed by atoms with Crippen LogP contribution in [0.15, 0.2) is 77.4 Å². The first kappa shape index (κ1) is 22.7. The lowest BCUT2D eigenvalue weighted by molar-refractivity contribution is -0.128. The first-order chi connectivity index (χ1) is 17.3. The van der Waals surface area contributed by atoms with Crippen LogP contribution in [0.4, 0.5) is 5.69 Å². The lowest BCUT2D eigenvalue weighted by atomic mass is 9.58. The molecule has 1 aromatic heterocycles. The number of aromatic nitrogens is 1. The van der Waals surface area contributed by atoms with Crippen molar-refractivity contribution in [3.8, 4) is 6.07 Å². The Labute approximate surface area is 217 Å². The van der Waals surface area contributed by atoms with Crippen LogP contribution < -0.4 is 5.32 Å². The number of para-hydroxylation sites is 1. The van der Waals surface area contributed by atoms with Gasteiger partial charge >= 0.3 is 0 Å². The Hall–Kier alpha value is -3.73. The van der Waals surface area contributed by atoms with Crippen LogP contribution in [-0.4, -0.2) is 35.2 Å². The standard InChI is InChI=1S/C29H23BrN4O2/c1-17-7-12-25-22(13-17)29(27(36)33-25)28(16-31,23(15-34(29)2)18-8-10-19(30)11-9-18)26(35)21-14-32-24-6-4-3-5-20(21)24/h3-14,23,32H,15H2,1-2H3,(H,33,36)/t23-,28+,29?/m0/s1. The van der Waals surface area contributed by atoms with E-state index >= 15 is 0 Å². The summed E-state index contributed by atoms with van der Waals surface area (Å²) in [5.74, 6) is -1.25. The number of carbonyl (C=O) groups is 2.